The molecule has 0 N–H and O–H groups in total. The van der Waals surface area contributed by atoms with Crippen LogP contribution in [0.3, 0.4) is 0 Å². The van der Waals surface area contributed by atoms with Crippen LogP contribution in [-0.2, 0) is 17.5 Å². The van der Waals surface area contributed by atoms with E-state index in [4.69, 9.17) is 21.0 Å². The fraction of sp³-hybridized carbons (Fsp3) is 0.206. The number of pyridine rings is 1. The van der Waals surface area contributed by atoms with Crippen LogP contribution in [0.1, 0.15) is 26.3 Å². The number of imidazole rings is 2. The molecule has 0 radical (unpaired) electrons. The van der Waals surface area contributed by atoms with Gasteiger partial charge in [-0.3, -0.25) is 4.98 Å². The number of hydrogen-bond acceptors (Lipinski definition) is 4. The van der Waals surface area contributed by atoms with Gasteiger partial charge in [-0.25, -0.2) is 14.4 Å². The second kappa shape index (κ2) is 11.9. The Morgan fingerprint density at radius 2 is 1.60 bits per heavy atom. The molecule has 3 heterocycles. The standard InChI is InChI=1S/C34H33ClFN5OSi/c1-34(2,3)43(27-10-6-4-7-11-27,28-12-8-5-9-13-28)42-17-16-41-32-19-29(35)30(36)20-31(32)39-33(41)26-18-25(21-38-22-26)23-40-15-14-37-24-40/h4-15,18-22,24H,16-17,23H2,1-3H3. The first-order valence-corrected chi connectivity index (χ1v) is 16.6. The zero-order valence-corrected chi connectivity index (χ0v) is 26.2. The lowest BCUT2D eigenvalue weighted by molar-refractivity contribution is 0.283. The minimum atomic E-state index is -2.75. The highest BCUT2D eigenvalue weighted by Crippen LogP contribution is 2.37. The van der Waals surface area contributed by atoms with Crippen molar-refractivity contribution in [3.05, 3.63) is 126 Å². The maximum Gasteiger partial charge on any atom is 0.261 e. The highest BCUT2D eigenvalue weighted by Gasteiger charge is 2.50. The van der Waals surface area contributed by atoms with Gasteiger partial charge in [0.15, 0.2) is 0 Å². The van der Waals surface area contributed by atoms with E-state index in [0.29, 0.717) is 31.0 Å². The molecule has 6 rings (SSSR count). The van der Waals surface area contributed by atoms with Gasteiger partial charge in [0.05, 0.1) is 35.5 Å². The summed E-state index contributed by atoms with van der Waals surface area (Å²) in [5.74, 6) is 0.184. The van der Waals surface area contributed by atoms with Gasteiger partial charge < -0.3 is 13.6 Å². The summed E-state index contributed by atoms with van der Waals surface area (Å²) in [6.45, 7) is 8.32. The topological polar surface area (TPSA) is 57.8 Å². The van der Waals surface area contributed by atoms with Crippen LogP contribution in [0.15, 0.2) is 110 Å². The maximum atomic E-state index is 14.6. The lowest BCUT2D eigenvalue weighted by Gasteiger charge is -2.43. The van der Waals surface area contributed by atoms with Crippen molar-refractivity contribution < 1.29 is 8.82 Å². The summed E-state index contributed by atoms with van der Waals surface area (Å²) >= 11 is 6.28. The second-order valence-corrected chi connectivity index (χ2v) is 16.4. The first kappa shape index (κ1) is 29.0. The number of rotatable bonds is 9. The van der Waals surface area contributed by atoms with Crippen LogP contribution in [0.2, 0.25) is 10.1 Å². The Bertz CT molecular complexity index is 1800. The minimum absolute atomic E-state index is 0.0556. The van der Waals surface area contributed by atoms with E-state index in [-0.39, 0.29) is 10.1 Å². The molecular weight excluding hydrogens is 577 g/mol. The van der Waals surface area contributed by atoms with Crippen LogP contribution in [0.5, 0.6) is 0 Å². The first-order valence-electron chi connectivity index (χ1n) is 14.3. The average molecular weight is 610 g/mol. The number of halogens is 2. The smallest absolute Gasteiger partial charge is 0.261 e. The summed E-state index contributed by atoms with van der Waals surface area (Å²) in [6.07, 6.45) is 9.06. The molecule has 6 aromatic rings. The lowest BCUT2D eigenvalue weighted by atomic mass is 10.2. The average Bonchev–Trinajstić information content (AvgIpc) is 3.64. The Kier molecular flexibility index (Phi) is 8.00. The number of nitrogens with zero attached hydrogens (tertiary/aromatic N) is 5. The fourth-order valence-electron chi connectivity index (χ4n) is 5.91. The third-order valence-electron chi connectivity index (χ3n) is 7.82. The van der Waals surface area contributed by atoms with E-state index in [9.17, 15) is 4.39 Å². The zero-order valence-electron chi connectivity index (χ0n) is 24.4. The van der Waals surface area contributed by atoms with Gasteiger partial charge in [-0.15, -0.1) is 0 Å². The predicted molar refractivity (Wildman–Crippen MR) is 173 cm³/mol. The molecule has 6 nitrogen and oxygen atoms in total. The summed E-state index contributed by atoms with van der Waals surface area (Å²) in [5.41, 5.74) is 3.10. The molecule has 0 spiro atoms. The van der Waals surface area contributed by atoms with E-state index in [2.05, 4.69) is 89.9 Å². The molecule has 0 saturated heterocycles. The van der Waals surface area contributed by atoms with Gasteiger partial charge in [0.25, 0.3) is 8.32 Å². The van der Waals surface area contributed by atoms with Crippen LogP contribution in [0.25, 0.3) is 22.4 Å². The van der Waals surface area contributed by atoms with E-state index in [0.717, 1.165) is 16.6 Å². The maximum absolute atomic E-state index is 14.6. The fourth-order valence-corrected chi connectivity index (χ4v) is 10.6. The minimum Gasteiger partial charge on any atom is -0.406 e. The van der Waals surface area contributed by atoms with E-state index in [1.807, 2.05) is 29.1 Å². The Labute approximate surface area is 256 Å². The van der Waals surface area contributed by atoms with Gasteiger partial charge in [0.2, 0.25) is 0 Å². The monoisotopic (exact) mass is 609 g/mol. The van der Waals surface area contributed by atoms with Gasteiger partial charge in [-0.05, 0) is 33.1 Å². The molecular formula is C34H33ClFN5OSi. The lowest BCUT2D eigenvalue weighted by Crippen LogP contribution is -2.66. The van der Waals surface area contributed by atoms with Crippen molar-refractivity contribution in [1.29, 1.82) is 0 Å². The Morgan fingerprint density at radius 3 is 2.23 bits per heavy atom. The number of benzene rings is 3. The SMILES string of the molecule is CC(C)(C)[Si](OCCn1c(-c2cncc(Cn3ccnc3)c2)nc2cc(F)c(Cl)cc21)(c1ccccc1)c1ccccc1. The van der Waals surface area contributed by atoms with Crippen molar-refractivity contribution in [3.8, 4) is 11.4 Å². The predicted octanol–water partition coefficient (Wildman–Crippen LogP) is 6.71. The molecule has 0 saturated carbocycles. The molecule has 3 aromatic carbocycles. The van der Waals surface area contributed by atoms with Gasteiger partial charge in [-0.1, -0.05) is 93.0 Å². The summed E-state index contributed by atoms with van der Waals surface area (Å²) in [7, 11) is -2.75. The zero-order chi connectivity index (χ0) is 30.0. The molecule has 0 unspecified atom stereocenters. The largest absolute Gasteiger partial charge is 0.406 e. The molecule has 0 fully saturated rings. The van der Waals surface area contributed by atoms with E-state index in [1.165, 1.54) is 16.4 Å². The summed E-state index contributed by atoms with van der Waals surface area (Å²) < 4.78 is 25.8. The Hall–Kier alpha value is -4.11. The molecule has 0 aliphatic rings. The van der Waals surface area contributed by atoms with Crippen molar-refractivity contribution in [2.45, 2.75) is 38.9 Å². The quantitative estimate of drug-likeness (QED) is 0.171. The van der Waals surface area contributed by atoms with Crippen molar-refractivity contribution in [3.63, 3.8) is 0 Å². The number of aromatic nitrogens is 5. The normalized spacial score (nSPS) is 12.2. The molecule has 3 aromatic heterocycles. The van der Waals surface area contributed by atoms with E-state index in [1.54, 1.807) is 24.8 Å². The Balaban J connectivity index is 1.41. The van der Waals surface area contributed by atoms with Crippen molar-refractivity contribution in [2.75, 3.05) is 6.61 Å². The third-order valence-corrected chi connectivity index (χ3v) is 13.1. The highest BCUT2D eigenvalue weighted by molar-refractivity contribution is 6.99. The number of fused-ring (bicyclic) bond motifs is 1. The van der Waals surface area contributed by atoms with Crippen LogP contribution in [0.4, 0.5) is 4.39 Å². The molecule has 9 heteroatoms. The summed E-state index contributed by atoms with van der Waals surface area (Å²) in [6, 6.07) is 26.2. The van der Waals surface area contributed by atoms with Crippen LogP contribution < -0.4 is 10.4 Å². The second-order valence-electron chi connectivity index (χ2n) is 11.7. The molecule has 0 atom stereocenters. The molecule has 0 aliphatic heterocycles. The Morgan fingerprint density at radius 1 is 0.907 bits per heavy atom. The van der Waals surface area contributed by atoms with Gasteiger partial charge in [0, 0.05) is 43.0 Å². The first-order chi connectivity index (χ1) is 20.8. The van der Waals surface area contributed by atoms with E-state index >= 15 is 0 Å². The van der Waals surface area contributed by atoms with Crippen LogP contribution in [-0.4, -0.2) is 39.0 Å². The summed E-state index contributed by atoms with van der Waals surface area (Å²) in [4.78, 5) is 13.5. The van der Waals surface area contributed by atoms with Crippen molar-refractivity contribution >= 4 is 41.3 Å². The van der Waals surface area contributed by atoms with Crippen molar-refractivity contribution in [2.24, 2.45) is 0 Å². The van der Waals surface area contributed by atoms with Crippen molar-refractivity contribution in [1.82, 2.24) is 24.1 Å². The molecule has 0 amide bonds. The molecule has 0 aliphatic carbocycles. The van der Waals surface area contributed by atoms with E-state index < -0.39 is 14.1 Å². The van der Waals surface area contributed by atoms with Crippen LogP contribution in [0, 0.1) is 5.82 Å². The molecule has 0 bridgehead atoms. The van der Waals surface area contributed by atoms with Gasteiger partial charge in [0.1, 0.15) is 11.6 Å². The summed E-state index contributed by atoms with van der Waals surface area (Å²) in [5, 5.41) is 2.32. The molecule has 43 heavy (non-hydrogen) atoms. The number of hydrogen-bond donors (Lipinski definition) is 0. The van der Waals surface area contributed by atoms with Gasteiger partial charge in [-0.2, -0.15) is 0 Å². The third kappa shape index (κ3) is 5.66. The molecule has 218 valence electrons. The van der Waals surface area contributed by atoms with Gasteiger partial charge >= 0.3 is 0 Å². The van der Waals surface area contributed by atoms with Crippen LogP contribution >= 0.6 is 11.6 Å². The highest BCUT2D eigenvalue weighted by atomic mass is 35.5.